The first kappa shape index (κ1) is 15.4. The maximum Gasteiger partial charge on any atom is 0.348 e. The fourth-order valence-corrected chi connectivity index (χ4v) is 2.15. The highest BCUT2D eigenvalue weighted by molar-refractivity contribution is 5.71. The first-order valence-electron chi connectivity index (χ1n) is 6.37. The number of carboxylic acids is 1. The van der Waals surface area contributed by atoms with Crippen LogP contribution in [0.3, 0.4) is 0 Å². The molecule has 0 aliphatic heterocycles. The number of hydrogen-bond acceptors (Lipinski definition) is 4. The van der Waals surface area contributed by atoms with E-state index in [2.05, 4.69) is 4.98 Å². The fraction of sp³-hybridized carbons (Fsp3) is 0.615. The molecule has 0 aliphatic rings. The smallest absolute Gasteiger partial charge is 0.348 e. The van der Waals surface area contributed by atoms with Crippen LogP contribution in [0.4, 0.5) is 0 Å². The Balaban J connectivity index is 3.39. The second-order valence-corrected chi connectivity index (χ2v) is 4.19. The second kappa shape index (κ2) is 7.04. The predicted molar refractivity (Wildman–Crippen MR) is 70.5 cm³/mol. The van der Waals surface area contributed by atoms with Crippen molar-refractivity contribution in [3.8, 4) is 0 Å². The average Bonchev–Trinajstić information content (AvgIpc) is 2.37. The van der Waals surface area contributed by atoms with Crippen LogP contribution in [0.15, 0.2) is 4.79 Å². The third kappa shape index (κ3) is 3.64. The SMILES string of the molecule is CCc1nc(=O)n(CCOC)c(CC)c1CC(=O)O. The highest BCUT2D eigenvalue weighted by Crippen LogP contribution is 2.14. The van der Waals surface area contributed by atoms with Gasteiger partial charge in [-0.1, -0.05) is 13.8 Å². The fourth-order valence-electron chi connectivity index (χ4n) is 2.15. The van der Waals surface area contributed by atoms with E-state index in [4.69, 9.17) is 9.84 Å². The Kier molecular flexibility index (Phi) is 5.69. The molecule has 0 spiro atoms. The molecule has 0 fully saturated rings. The predicted octanol–water partition coefficient (Wildman–Crippen LogP) is 0.642. The topological polar surface area (TPSA) is 81.4 Å². The molecule has 1 N–H and O–H groups in total. The van der Waals surface area contributed by atoms with Crippen molar-refractivity contribution in [1.29, 1.82) is 0 Å². The van der Waals surface area contributed by atoms with E-state index in [0.717, 1.165) is 5.69 Å². The monoisotopic (exact) mass is 268 g/mol. The molecular weight excluding hydrogens is 248 g/mol. The van der Waals surface area contributed by atoms with E-state index in [9.17, 15) is 9.59 Å². The van der Waals surface area contributed by atoms with Gasteiger partial charge in [0.1, 0.15) is 0 Å². The van der Waals surface area contributed by atoms with Crippen molar-refractivity contribution in [3.05, 3.63) is 27.4 Å². The summed E-state index contributed by atoms with van der Waals surface area (Å²) in [4.78, 5) is 26.9. The van der Waals surface area contributed by atoms with Gasteiger partial charge in [0.15, 0.2) is 0 Å². The Morgan fingerprint density at radius 1 is 1.37 bits per heavy atom. The maximum absolute atomic E-state index is 12.0. The first-order valence-corrected chi connectivity index (χ1v) is 6.37. The van der Waals surface area contributed by atoms with Crippen molar-refractivity contribution in [2.75, 3.05) is 13.7 Å². The number of carboxylic acid groups (broad SMARTS) is 1. The van der Waals surface area contributed by atoms with Crippen LogP contribution in [-0.2, 0) is 35.3 Å². The lowest BCUT2D eigenvalue weighted by Crippen LogP contribution is -2.31. The van der Waals surface area contributed by atoms with E-state index in [1.165, 1.54) is 4.57 Å². The van der Waals surface area contributed by atoms with Gasteiger partial charge in [-0.05, 0) is 12.8 Å². The summed E-state index contributed by atoms with van der Waals surface area (Å²) in [5, 5.41) is 9.00. The number of rotatable bonds is 7. The lowest BCUT2D eigenvalue weighted by Gasteiger charge is -2.17. The van der Waals surface area contributed by atoms with Gasteiger partial charge >= 0.3 is 11.7 Å². The largest absolute Gasteiger partial charge is 0.481 e. The third-order valence-electron chi connectivity index (χ3n) is 3.00. The zero-order chi connectivity index (χ0) is 14.4. The molecule has 1 aromatic rings. The summed E-state index contributed by atoms with van der Waals surface area (Å²) in [6.07, 6.45) is 1.04. The van der Waals surface area contributed by atoms with E-state index >= 15 is 0 Å². The average molecular weight is 268 g/mol. The summed E-state index contributed by atoms with van der Waals surface area (Å²) in [7, 11) is 1.56. The van der Waals surface area contributed by atoms with E-state index in [-0.39, 0.29) is 12.1 Å². The van der Waals surface area contributed by atoms with E-state index < -0.39 is 5.97 Å². The first-order chi connectivity index (χ1) is 9.04. The molecule has 0 saturated heterocycles. The highest BCUT2D eigenvalue weighted by Gasteiger charge is 2.17. The van der Waals surface area contributed by atoms with Gasteiger partial charge in [0.25, 0.3) is 0 Å². The second-order valence-electron chi connectivity index (χ2n) is 4.19. The number of methoxy groups -OCH3 is 1. The van der Waals surface area contributed by atoms with Gasteiger partial charge in [-0.2, -0.15) is 4.98 Å². The molecule has 106 valence electrons. The lowest BCUT2D eigenvalue weighted by molar-refractivity contribution is -0.136. The summed E-state index contributed by atoms with van der Waals surface area (Å²) < 4.78 is 6.49. The van der Waals surface area contributed by atoms with Crippen molar-refractivity contribution in [1.82, 2.24) is 9.55 Å². The highest BCUT2D eigenvalue weighted by atomic mass is 16.5. The molecule has 0 aliphatic carbocycles. The zero-order valence-electron chi connectivity index (χ0n) is 11.6. The zero-order valence-corrected chi connectivity index (χ0v) is 11.6. The van der Waals surface area contributed by atoms with Gasteiger partial charge in [-0.3, -0.25) is 9.36 Å². The van der Waals surface area contributed by atoms with E-state index in [0.29, 0.717) is 37.3 Å². The van der Waals surface area contributed by atoms with Gasteiger partial charge in [-0.25, -0.2) is 4.79 Å². The molecule has 1 rings (SSSR count). The molecule has 0 amide bonds. The minimum absolute atomic E-state index is 0.105. The Morgan fingerprint density at radius 2 is 2.05 bits per heavy atom. The number of aliphatic carboxylic acids is 1. The van der Waals surface area contributed by atoms with Crippen LogP contribution in [0.25, 0.3) is 0 Å². The molecule has 19 heavy (non-hydrogen) atoms. The third-order valence-corrected chi connectivity index (χ3v) is 3.00. The van der Waals surface area contributed by atoms with Crippen molar-refractivity contribution >= 4 is 5.97 Å². The number of nitrogens with zero attached hydrogens (tertiary/aromatic N) is 2. The molecule has 0 atom stereocenters. The standard InChI is InChI=1S/C13H20N2O4/c1-4-10-9(8-12(16)17)11(5-2)15(6-7-19-3)13(18)14-10/h4-8H2,1-3H3,(H,16,17). The summed E-state index contributed by atoms with van der Waals surface area (Å²) in [5.74, 6) is -0.914. The van der Waals surface area contributed by atoms with Gasteiger partial charge < -0.3 is 9.84 Å². The Morgan fingerprint density at radius 3 is 2.53 bits per heavy atom. The Bertz CT molecular complexity index is 508. The molecule has 0 aromatic carbocycles. The minimum atomic E-state index is -0.914. The van der Waals surface area contributed by atoms with Crippen LogP contribution in [0.2, 0.25) is 0 Å². The van der Waals surface area contributed by atoms with Crippen LogP contribution in [0, 0.1) is 0 Å². The van der Waals surface area contributed by atoms with Crippen LogP contribution in [0.5, 0.6) is 0 Å². The molecule has 0 bridgehead atoms. The van der Waals surface area contributed by atoms with E-state index in [1.807, 2.05) is 13.8 Å². The maximum atomic E-state index is 12.0. The van der Waals surface area contributed by atoms with Crippen molar-refractivity contribution < 1.29 is 14.6 Å². The molecule has 0 radical (unpaired) electrons. The molecule has 0 unspecified atom stereocenters. The van der Waals surface area contributed by atoms with Gasteiger partial charge in [0.2, 0.25) is 0 Å². The van der Waals surface area contributed by atoms with Crippen molar-refractivity contribution in [2.24, 2.45) is 0 Å². The minimum Gasteiger partial charge on any atom is -0.481 e. The summed E-state index contributed by atoms with van der Waals surface area (Å²) >= 11 is 0. The number of aromatic nitrogens is 2. The lowest BCUT2D eigenvalue weighted by atomic mass is 10.0. The summed E-state index contributed by atoms with van der Waals surface area (Å²) in [6, 6.07) is 0. The Labute approximate surface area is 112 Å². The van der Waals surface area contributed by atoms with Crippen molar-refractivity contribution in [2.45, 2.75) is 39.7 Å². The number of hydrogen-bond donors (Lipinski definition) is 1. The molecular formula is C13H20N2O4. The summed E-state index contributed by atoms with van der Waals surface area (Å²) in [6.45, 7) is 4.56. The molecule has 0 saturated carbocycles. The van der Waals surface area contributed by atoms with Crippen LogP contribution in [-0.4, -0.2) is 34.3 Å². The molecule has 6 nitrogen and oxygen atoms in total. The van der Waals surface area contributed by atoms with Gasteiger partial charge in [0.05, 0.1) is 25.3 Å². The normalized spacial score (nSPS) is 10.7. The number of ether oxygens (including phenoxy) is 1. The van der Waals surface area contributed by atoms with Crippen molar-refractivity contribution in [3.63, 3.8) is 0 Å². The van der Waals surface area contributed by atoms with E-state index in [1.54, 1.807) is 7.11 Å². The van der Waals surface area contributed by atoms with Crippen LogP contribution >= 0.6 is 0 Å². The Hall–Kier alpha value is -1.69. The molecule has 6 heteroatoms. The van der Waals surface area contributed by atoms with Gasteiger partial charge in [0, 0.05) is 18.4 Å². The number of carbonyl (C=O) groups is 1. The van der Waals surface area contributed by atoms with Gasteiger partial charge in [-0.15, -0.1) is 0 Å². The molecule has 1 heterocycles. The summed E-state index contributed by atoms with van der Waals surface area (Å²) in [5.41, 5.74) is 1.65. The quantitative estimate of drug-likeness (QED) is 0.785. The molecule has 1 aromatic heterocycles. The van der Waals surface area contributed by atoms with Crippen LogP contribution in [0.1, 0.15) is 30.8 Å². The van der Waals surface area contributed by atoms with Crippen LogP contribution < -0.4 is 5.69 Å². The number of aryl methyl sites for hydroxylation is 1.